The van der Waals surface area contributed by atoms with Gasteiger partial charge in [-0.25, -0.2) is 4.39 Å². The van der Waals surface area contributed by atoms with Crippen molar-refractivity contribution < 1.29 is 4.39 Å². The van der Waals surface area contributed by atoms with Crippen molar-refractivity contribution in [3.05, 3.63) is 35.1 Å². The molecule has 0 unspecified atom stereocenters. The summed E-state index contributed by atoms with van der Waals surface area (Å²) in [4.78, 5) is 2.30. The third kappa shape index (κ3) is 4.07. The van der Waals surface area contributed by atoms with Crippen molar-refractivity contribution in [1.82, 2.24) is 4.90 Å². The van der Waals surface area contributed by atoms with Crippen LogP contribution in [0, 0.1) is 11.7 Å². The molecule has 0 fully saturated rings. The van der Waals surface area contributed by atoms with Crippen LogP contribution in [0.2, 0.25) is 0 Å². The maximum absolute atomic E-state index is 14.1. The first-order valence-electron chi connectivity index (χ1n) is 6.66. The van der Waals surface area contributed by atoms with Crippen molar-refractivity contribution in [3.63, 3.8) is 0 Å². The number of rotatable bonds is 6. The van der Waals surface area contributed by atoms with E-state index in [1.807, 2.05) is 12.1 Å². The Morgan fingerprint density at radius 3 is 2.28 bits per heavy atom. The Kier molecular flexibility index (Phi) is 5.76. The van der Waals surface area contributed by atoms with Gasteiger partial charge in [0.1, 0.15) is 5.82 Å². The van der Waals surface area contributed by atoms with Crippen molar-refractivity contribution in [3.8, 4) is 0 Å². The van der Waals surface area contributed by atoms with Gasteiger partial charge < -0.3 is 5.73 Å². The zero-order valence-corrected chi connectivity index (χ0v) is 11.9. The molecule has 0 saturated heterocycles. The smallest absolute Gasteiger partial charge is 0.132 e. The zero-order chi connectivity index (χ0) is 13.7. The van der Waals surface area contributed by atoms with Crippen LogP contribution in [0.4, 0.5) is 4.39 Å². The molecule has 0 aromatic heterocycles. The second kappa shape index (κ2) is 6.86. The van der Waals surface area contributed by atoms with Gasteiger partial charge >= 0.3 is 0 Å². The normalized spacial score (nSPS) is 11.8. The highest BCUT2D eigenvalue weighted by Crippen LogP contribution is 2.17. The molecule has 0 bridgehead atoms. The second-order valence-electron chi connectivity index (χ2n) is 5.51. The van der Waals surface area contributed by atoms with Gasteiger partial charge in [-0.2, -0.15) is 0 Å². The number of nitrogens with zero attached hydrogens (tertiary/aromatic N) is 1. The minimum absolute atomic E-state index is 0.144. The Balaban J connectivity index is 2.87. The van der Waals surface area contributed by atoms with E-state index in [9.17, 15) is 4.39 Å². The Morgan fingerprint density at radius 2 is 1.78 bits per heavy atom. The van der Waals surface area contributed by atoms with E-state index in [1.54, 1.807) is 6.07 Å². The van der Waals surface area contributed by atoms with E-state index in [4.69, 9.17) is 5.73 Å². The molecule has 0 aliphatic heterocycles. The van der Waals surface area contributed by atoms with Gasteiger partial charge in [0.15, 0.2) is 0 Å². The SMILES string of the molecule is CC(C)CN(Cc1cccc(CN)c1F)C(C)C. The molecule has 1 aromatic rings. The summed E-state index contributed by atoms with van der Waals surface area (Å²) < 4.78 is 14.1. The quantitative estimate of drug-likeness (QED) is 0.842. The van der Waals surface area contributed by atoms with E-state index in [2.05, 4.69) is 32.6 Å². The van der Waals surface area contributed by atoms with Crippen LogP contribution in [-0.4, -0.2) is 17.5 Å². The van der Waals surface area contributed by atoms with Crippen LogP contribution in [0.3, 0.4) is 0 Å². The molecular weight excluding hydrogens is 227 g/mol. The fourth-order valence-corrected chi connectivity index (χ4v) is 2.06. The predicted octanol–water partition coefficient (Wildman–Crippen LogP) is 3.15. The summed E-state index contributed by atoms with van der Waals surface area (Å²) in [6, 6.07) is 5.90. The van der Waals surface area contributed by atoms with Crippen molar-refractivity contribution in [2.45, 2.75) is 46.8 Å². The average molecular weight is 252 g/mol. The zero-order valence-electron chi connectivity index (χ0n) is 11.9. The molecule has 0 aliphatic carbocycles. The highest BCUT2D eigenvalue weighted by molar-refractivity contribution is 5.25. The van der Waals surface area contributed by atoms with Gasteiger partial charge in [0, 0.05) is 36.8 Å². The van der Waals surface area contributed by atoms with Gasteiger partial charge in [-0.3, -0.25) is 4.90 Å². The molecule has 102 valence electrons. The highest BCUT2D eigenvalue weighted by atomic mass is 19.1. The third-order valence-corrected chi connectivity index (χ3v) is 3.08. The number of nitrogens with two attached hydrogens (primary N) is 1. The minimum atomic E-state index is -0.144. The lowest BCUT2D eigenvalue weighted by Crippen LogP contribution is -2.34. The molecule has 2 N–H and O–H groups in total. The van der Waals surface area contributed by atoms with Crippen LogP contribution in [0.15, 0.2) is 18.2 Å². The second-order valence-corrected chi connectivity index (χ2v) is 5.51. The topological polar surface area (TPSA) is 29.3 Å². The molecule has 1 aromatic carbocycles. The Labute approximate surface area is 110 Å². The maximum Gasteiger partial charge on any atom is 0.132 e. The first kappa shape index (κ1) is 15.1. The summed E-state index contributed by atoms with van der Waals surface area (Å²) in [6.07, 6.45) is 0. The lowest BCUT2D eigenvalue weighted by atomic mass is 10.1. The molecule has 0 atom stereocenters. The van der Waals surface area contributed by atoms with E-state index in [1.165, 1.54) is 0 Å². The molecule has 0 saturated carbocycles. The van der Waals surface area contributed by atoms with Crippen molar-refractivity contribution in [1.29, 1.82) is 0 Å². The van der Waals surface area contributed by atoms with Crippen LogP contribution < -0.4 is 5.73 Å². The average Bonchev–Trinajstić information content (AvgIpc) is 2.30. The van der Waals surface area contributed by atoms with Gasteiger partial charge in [0.05, 0.1) is 0 Å². The van der Waals surface area contributed by atoms with Crippen molar-refractivity contribution >= 4 is 0 Å². The highest BCUT2D eigenvalue weighted by Gasteiger charge is 2.15. The summed E-state index contributed by atoms with van der Waals surface area (Å²) in [5.74, 6) is 0.433. The molecule has 0 aliphatic rings. The maximum atomic E-state index is 14.1. The van der Waals surface area contributed by atoms with E-state index >= 15 is 0 Å². The number of hydrogen-bond donors (Lipinski definition) is 1. The summed E-state index contributed by atoms with van der Waals surface area (Å²) in [6.45, 7) is 10.5. The summed E-state index contributed by atoms with van der Waals surface area (Å²) in [7, 11) is 0. The summed E-state index contributed by atoms with van der Waals surface area (Å²) >= 11 is 0. The number of benzene rings is 1. The first-order valence-corrected chi connectivity index (χ1v) is 6.66. The minimum Gasteiger partial charge on any atom is -0.326 e. The molecular formula is C15H25FN2. The van der Waals surface area contributed by atoms with E-state index < -0.39 is 0 Å². The van der Waals surface area contributed by atoms with E-state index in [-0.39, 0.29) is 12.4 Å². The monoisotopic (exact) mass is 252 g/mol. The predicted molar refractivity (Wildman–Crippen MR) is 74.7 cm³/mol. The van der Waals surface area contributed by atoms with Gasteiger partial charge in [-0.05, 0) is 19.8 Å². The lowest BCUT2D eigenvalue weighted by molar-refractivity contribution is 0.187. The molecule has 2 nitrogen and oxygen atoms in total. The first-order chi connectivity index (χ1) is 8.45. The van der Waals surface area contributed by atoms with Gasteiger partial charge in [0.2, 0.25) is 0 Å². The Hall–Kier alpha value is -0.930. The van der Waals surface area contributed by atoms with Crippen LogP contribution >= 0.6 is 0 Å². The molecule has 0 radical (unpaired) electrons. The molecule has 0 heterocycles. The van der Waals surface area contributed by atoms with Gasteiger partial charge in [-0.15, -0.1) is 0 Å². The van der Waals surface area contributed by atoms with E-state index in [0.717, 1.165) is 12.1 Å². The standard InChI is InChI=1S/C15H25FN2/c1-11(2)9-18(12(3)4)10-14-7-5-6-13(8-17)15(14)16/h5-7,11-12H,8-10,17H2,1-4H3. The van der Waals surface area contributed by atoms with Crippen LogP contribution in [-0.2, 0) is 13.1 Å². The molecule has 0 amide bonds. The fourth-order valence-electron chi connectivity index (χ4n) is 2.06. The Bertz CT molecular complexity index is 375. The number of hydrogen-bond acceptors (Lipinski definition) is 2. The third-order valence-electron chi connectivity index (χ3n) is 3.08. The summed E-state index contributed by atoms with van der Waals surface area (Å²) in [5, 5.41) is 0. The van der Waals surface area contributed by atoms with Crippen LogP contribution in [0.25, 0.3) is 0 Å². The van der Waals surface area contributed by atoms with Crippen LogP contribution in [0.1, 0.15) is 38.8 Å². The number of halogens is 1. The van der Waals surface area contributed by atoms with Crippen molar-refractivity contribution in [2.24, 2.45) is 11.7 Å². The Morgan fingerprint density at radius 1 is 1.17 bits per heavy atom. The lowest BCUT2D eigenvalue weighted by Gasteiger charge is -2.28. The molecule has 18 heavy (non-hydrogen) atoms. The van der Waals surface area contributed by atoms with Gasteiger partial charge in [-0.1, -0.05) is 32.0 Å². The molecule has 1 rings (SSSR count). The molecule has 0 spiro atoms. The van der Waals surface area contributed by atoms with E-state index in [0.29, 0.717) is 24.1 Å². The largest absolute Gasteiger partial charge is 0.326 e. The van der Waals surface area contributed by atoms with Crippen molar-refractivity contribution in [2.75, 3.05) is 6.54 Å². The fraction of sp³-hybridized carbons (Fsp3) is 0.600. The summed E-state index contributed by atoms with van der Waals surface area (Å²) in [5.41, 5.74) is 6.88. The van der Waals surface area contributed by atoms with Crippen LogP contribution in [0.5, 0.6) is 0 Å². The molecule has 3 heteroatoms. The van der Waals surface area contributed by atoms with Gasteiger partial charge in [0.25, 0.3) is 0 Å².